The molecule has 14 heavy (non-hydrogen) atoms. The summed E-state index contributed by atoms with van der Waals surface area (Å²) in [6, 6.07) is 4.46. The van der Waals surface area contributed by atoms with Gasteiger partial charge in [0, 0.05) is 5.69 Å². The van der Waals surface area contributed by atoms with E-state index >= 15 is 0 Å². The van der Waals surface area contributed by atoms with Gasteiger partial charge in [-0.25, -0.2) is 4.39 Å². The number of benzene rings is 1. The normalized spacial score (nSPS) is 10.6. The molecule has 0 aliphatic carbocycles. The molecule has 0 saturated heterocycles. The van der Waals surface area contributed by atoms with Crippen LogP contribution >= 0.6 is 0 Å². The SMILES string of the molecule is C[Si](C)(C)C#Cc1cc(N)ccc1F. The Morgan fingerprint density at radius 3 is 2.50 bits per heavy atom. The zero-order valence-corrected chi connectivity index (χ0v) is 9.69. The lowest BCUT2D eigenvalue weighted by atomic mass is 10.2. The second kappa shape index (κ2) is 3.85. The molecule has 0 bridgehead atoms. The fraction of sp³-hybridized carbons (Fsp3) is 0.273. The number of anilines is 1. The van der Waals surface area contributed by atoms with E-state index < -0.39 is 8.07 Å². The lowest BCUT2D eigenvalue weighted by Crippen LogP contribution is -2.16. The second-order valence-electron chi connectivity index (χ2n) is 4.24. The van der Waals surface area contributed by atoms with Crippen LogP contribution in [0.3, 0.4) is 0 Å². The Morgan fingerprint density at radius 1 is 1.29 bits per heavy atom. The molecular weight excluding hydrogens is 193 g/mol. The summed E-state index contributed by atoms with van der Waals surface area (Å²) in [4.78, 5) is 0. The minimum Gasteiger partial charge on any atom is -0.399 e. The number of halogens is 1. The first kappa shape index (κ1) is 10.8. The number of nitrogens with two attached hydrogens (primary N) is 1. The average molecular weight is 207 g/mol. The first-order valence-electron chi connectivity index (χ1n) is 4.47. The Labute approximate surface area is 85.1 Å². The maximum Gasteiger partial charge on any atom is 0.138 e. The third-order valence-corrected chi connectivity index (χ3v) is 2.44. The molecule has 0 atom stereocenters. The summed E-state index contributed by atoms with van der Waals surface area (Å²) >= 11 is 0. The van der Waals surface area contributed by atoms with Gasteiger partial charge in [-0.1, -0.05) is 25.6 Å². The highest BCUT2D eigenvalue weighted by atomic mass is 28.3. The van der Waals surface area contributed by atoms with Crippen molar-refractivity contribution in [1.82, 2.24) is 0 Å². The molecule has 0 aromatic heterocycles. The summed E-state index contributed by atoms with van der Waals surface area (Å²) in [5.41, 5.74) is 9.59. The van der Waals surface area contributed by atoms with E-state index in [1.54, 1.807) is 6.07 Å². The molecular formula is C11H14FNSi. The summed E-state index contributed by atoms with van der Waals surface area (Å²) in [6.45, 7) is 6.35. The predicted molar refractivity (Wildman–Crippen MR) is 61.0 cm³/mol. The van der Waals surface area contributed by atoms with Crippen molar-refractivity contribution in [2.75, 3.05) is 5.73 Å². The lowest BCUT2D eigenvalue weighted by Gasteiger charge is -2.03. The standard InChI is InChI=1S/C11H14FNSi/c1-14(2,3)7-6-9-8-10(13)4-5-11(9)12/h4-5,8H,13H2,1-3H3. The van der Waals surface area contributed by atoms with E-state index in [0.717, 1.165) is 0 Å². The van der Waals surface area contributed by atoms with Gasteiger partial charge in [0.2, 0.25) is 0 Å². The Morgan fingerprint density at radius 2 is 1.93 bits per heavy atom. The van der Waals surface area contributed by atoms with E-state index in [9.17, 15) is 4.39 Å². The molecule has 0 unspecified atom stereocenters. The average Bonchev–Trinajstić information content (AvgIpc) is 2.05. The van der Waals surface area contributed by atoms with Gasteiger partial charge in [0.25, 0.3) is 0 Å². The lowest BCUT2D eigenvalue weighted by molar-refractivity contribution is 0.624. The van der Waals surface area contributed by atoms with E-state index in [1.807, 2.05) is 0 Å². The Balaban J connectivity index is 3.06. The summed E-state index contributed by atoms with van der Waals surface area (Å²) in [7, 11) is -1.45. The minimum atomic E-state index is -1.45. The maximum atomic E-state index is 13.2. The molecule has 0 aliphatic heterocycles. The van der Waals surface area contributed by atoms with E-state index in [-0.39, 0.29) is 5.82 Å². The molecule has 0 amide bonds. The zero-order valence-electron chi connectivity index (χ0n) is 8.69. The van der Waals surface area contributed by atoms with Gasteiger partial charge in [-0.15, -0.1) is 5.54 Å². The van der Waals surface area contributed by atoms with Crippen LogP contribution in [0.5, 0.6) is 0 Å². The van der Waals surface area contributed by atoms with Gasteiger partial charge in [-0.05, 0) is 18.2 Å². The van der Waals surface area contributed by atoms with E-state index in [0.29, 0.717) is 11.3 Å². The monoisotopic (exact) mass is 207 g/mol. The third-order valence-electron chi connectivity index (χ3n) is 1.56. The van der Waals surface area contributed by atoms with Crippen LogP contribution in [0.25, 0.3) is 0 Å². The molecule has 0 aliphatic rings. The van der Waals surface area contributed by atoms with Gasteiger partial charge in [0.15, 0.2) is 0 Å². The predicted octanol–water partition coefficient (Wildman–Crippen LogP) is 2.64. The highest BCUT2D eigenvalue weighted by molar-refractivity contribution is 6.83. The molecule has 1 rings (SSSR count). The molecule has 1 aromatic rings. The summed E-state index contributed by atoms with van der Waals surface area (Å²) in [5, 5.41) is 0. The van der Waals surface area contributed by atoms with Gasteiger partial charge in [-0.3, -0.25) is 0 Å². The van der Waals surface area contributed by atoms with Crippen molar-refractivity contribution in [1.29, 1.82) is 0 Å². The highest BCUT2D eigenvalue weighted by Crippen LogP contribution is 2.11. The van der Waals surface area contributed by atoms with Crippen LogP contribution in [-0.4, -0.2) is 8.07 Å². The van der Waals surface area contributed by atoms with Crippen molar-refractivity contribution < 1.29 is 4.39 Å². The van der Waals surface area contributed by atoms with Crippen LogP contribution in [0.4, 0.5) is 10.1 Å². The Bertz CT molecular complexity index is 396. The van der Waals surface area contributed by atoms with Gasteiger partial charge < -0.3 is 5.73 Å². The molecule has 1 nitrogen and oxygen atoms in total. The smallest absolute Gasteiger partial charge is 0.138 e. The molecule has 3 heteroatoms. The van der Waals surface area contributed by atoms with Crippen LogP contribution in [0.15, 0.2) is 18.2 Å². The number of rotatable bonds is 0. The van der Waals surface area contributed by atoms with Gasteiger partial charge in [0.05, 0.1) is 5.56 Å². The Kier molecular flexibility index (Phi) is 2.97. The van der Waals surface area contributed by atoms with Crippen molar-refractivity contribution in [2.45, 2.75) is 19.6 Å². The van der Waals surface area contributed by atoms with E-state index in [2.05, 4.69) is 31.1 Å². The highest BCUT2D eigenvalue weighted by Gasteiger charge is 2.08. The molecule has 74 valence electrons. The second-order valence-corrected chi connectivity index (χ2v) is 8.99. The quantitative estimate of drug-likeness (QED) is 0.395. The molecule has 0 radical (unpaired) electrons. The van der Waals surface area contributed by atoms with Crippen molar-refractivity contribution in [2.24, 2.45) is 0 Å². The summed E-state index contributed by atoms with van der Waals surface area (Å²) < 4.78 is 13.2. The van der Waals surface area contributed by atoms with E-state index in [1.165, 1.54) is 12.1 Å². The zero-order chi connectivity index (χ0) is 10.8. The Hall–Kier alpha value is -1.27. The van der Waals surface area contributed by atoms with E-state index in [4.69, 9.17) is 5.73 Å². The fourth-order valence-corrected chi connectivity index (χ4v) is 1.40. The van der Waals surface area contributed by atoms with Crippen molar-refractivity contribution in [3.8, 4) is 11.5 Å². The first-order chi connectivity index (χ1) is 6.38. The third kappa shape index (κ3) is 3.23. The molecule has 0 saturated carbocycles. The van der Waals surface area contributed by atoms with Crippen LogP contribution in [-0.2, 0) is 0 Å². The first-order valence-corrected chi connectivity index (χ1v) is 7.97. The largest absolute Gasteiger partial charge is 0.399 e. The summed E-state index contributed by atoms with van der Waals surface area (Å²) in [6.07, 6.45) is 0. The van der Waals surface area contributed by atoms with Crippen LogP contribution in [0.2, 0.25) is 19.6 Å². The molecule has 0 heterocycles. The van der Waals surface area contributed by atoms with Gasteiger partial charge in [0.1, 0.15) is 13.9 Å². The minimum absolute atomic E-state index is 0.301. The number of nitrogen functional groups attached to an aromatic ring is 1. The van der Waals surface area contributed by atoms with Gasteiger partial charge in [-0.2, -0.15) is 0 Å². The molecule has 1 aromatic carbocycles. The number of hydrogen-bond donors (Lipinski definition) is 1. The molecule has 0 spiro atoms. The summed E-state index contributed by atoms with van der Waals surface area (Å²) in [5.74, 6) is 2.55. The topological polar surface area (TPSA) is 26.0 Å². The molecule has 2 N–H and O–H groups in total. The van der Waals surface area contributed by atoms with Crippen LogP contribution < -0.4 is 5.73 Å². The molecule has 0 fully saturated rings. The van der Waals surface area contributed by atoms with Crippen molar-refractivity contribution in [3.63, 3.8) is 0 Å². The van der Waals surface area contributed by atoms with Crippen LogP contribution in [0.1, 0.15) is 5.56 Å². The van der Waals surface area contributed by atoms with Crippen molar-refractivity contribution in [3.05, 3.63) is 29.6 Å². The van der Waals surface area contributed by atoms with Gasteiger partial charge >= 0.3 is 0 Å². The van der Waals surface area contributed by atoms with Crippen molar-refractivity contribution >= 4 is 13.8 Å². The maximum absolute atomic E-state index is 13.2. The van der Waals surface area contributed by atoms with Crippen LogP contribution in [0, 0.1) is 17.3 Å². The fourth-order valence-electron chi connectivity index (χ4n) is 0.894. The number of hydrogen-bond acceptors (Lipinski definition) is 1.